The summed E-state index contributed by atoms with van der Waals surface area (Å²) in [5.41, 5.74) is 1.82. The Bertz CT molecular complexity index is 459. The molecule has 0 aromatic heterocycles. The fourth-order valence-corrected chi connectivity index (χ4v) is 2.75. The molecule has 1 fully saturated rings. The lowest BCUT2D eigenvalue weighted by atomic mass is 10.2. The number of benzene rings is 1. The number of amides is 1. The summed E-state index contributed by atoms with van der Waals surface area (Å²) in [5.74, 6) is 0.183. The minimum absolute atomic E-state index is 0.0112. The third kappa shape index (κ3) is 3.48. The van der Waals surface area contributed by atoms with E-state index >= 15 is 0 Å². The van der Waals surface area contributed by atoms with E-state index in [0.717, 1.165) is 41.7 Å². The highest BCUT2D eigenvalue weighted by Gasteiger charge is 2.19. The predicted octanol–water partition coefficient (Wildman–Crippen LogP) is 2.00. The first-order chi connectivity index (χ1) is 9.11. The average Bonchev–Trinajstić information content (AvgIpc) is 2.92. The minimum Gasteiger partial charge on any atom is -0.392 e. The predicted molar refractivity (Wildman–Crippen MR) is 79.1 cm³/mol. The Morgan fingerprint density at radius 2 is 2.11 bits per heavy atom. The number of aliphatic hydroxyl groups is 1. The van der Waals surface area contributed by atoms with Crippen LogP contribution < -0.4 is 4.90 Å². The summed E-state index contributed by atoms with van der Waals surface area (Å²) in [7, 11) is 1.91. The van der Waals surface area contributed by atoms with Crippen molar-refractivity contribution in [2.45, 2.75) is 19.4 Å². The van der Waals surface area contributed by atoms with Crippen molar-refractivity contribution >= 4 is 27.5 Å². The van der Waals surface area contributed by atoms with Crippen molar-refractivity contribution in [3.63, 3.8) is 0 Å². The summed E-state index contributed by atoms with van der Waals surface area (Å²) in [6, 6.07) is 5.73. The zero-order valence-corrected chi connectivity index (χ0v) is 12.7. The monoisotopic (exact) mass is 326 g/mol. The maximum absolute atomic E-state index is 12.1. The van der Waals surface area contributed by atoms with Crippen LogP contribution in [0.25, 0.3) is 0 Å². The zero-order chi connectivity index (χ0) is 13.8. The topological polar surface area (TPSA) is 43.8 Å². The van der Waals surface area contributed by atoms with Gasteiger partial charge in [0.2, 0.25) is 5.91 Å². The van der Waals surface area contributed by atoms with Crippen molar-refractivity contribution in [2.24, 2.45) is 0 Å². The summed E-state index contributed by atoms with van der Waals surface area (Å²) >= 11 is 3.43. The lowest BCUT2D eigenvalue weighted by Crippen LogP contribution is -2.37. The van der Waals surface area contributed by atoms with Crippen molar-refractivity contribution in [2.75, 3.05) is 31.6 Å². The number of nitrogens with zero attached hydrogens (tertiary/aromatic N) is 2. The summed E-state index contributed by atoms with van der Waals surface area (Å²) in [5, 5.41) is 9.13. The van der Waals surface area contributed by atoms with Crippen LogP contribution in [0.2, 0.25) is 0 Å². The smallest absolute Gasteiger partial charge is 0.242 e. The molecule has 104 valence electrons. The molecule has 4 nitrogen and oxygen atoms in total. The van der Waals surface area contributed by atoms with Gasteiger partial charge in [0.1, 0.15) is 0 Å². The second kappa shape index (κ2) is 6.39. The Morgan fingerprint density at radius 3 is 2.68 bits per heavy atom. The van der Waals surface area contributed by atoms with Crippen molar-refractivity contribution in [1.29, 1.82) is 0 Å². The molecule has 1 heterocycles. The summed E-state index contributed by atoms with van der Waals surface area (Å²) < 4.78 is 0.868. The normalized spacial score (nSPS) is 14.8. The molecule has 1 aliphatic rings. The molecular formula is C14H19BrN2O2. The van der Waals surface area contributed by atoms with E-state index in [9.17, 15) is 4.79 Å². The fourth-order valence-electron chi connectivity index (χ4n) is 2.26. The molecule has 1 aliphatic heterocycles. The molecule has 2 rings (SSSR count). The Morgan fingerprint density at radius 1 is 1.42 bits per heavy atom. The molecule has 5 heteroatoms. The number of aliphatic hydroxyl groups excluding tert-OH is 1. The molecule has 0 saturated carbocycles. The van der Waals surface area contributed by atoms with Crippen LogP contribution in [0.1, 0.15) is 18.4 Å². The van der Waals surface area contributed by atoms with Gasteiger partial charge >= 0.3 is 0 Å². The number of carbonyl (C=O) groups excluding carboxylic acids is 1. The van der Waals surface area contributed by atoms with E-state index in [4.69, 9.17) is 5.11 Å². The van der Waals surface area contributed by atoms with E-state index in [1.165, 1.54) is 0 Å². The maximum Gasteiger partial charge on any atom is 0.242 e. The van der Waals surface area contributed by atoms with Gasteiger partial charge in [-0.3, -0.25) is 4.79 Å². The number of carbonyl (C=O) groups is 1. The fraction of sp³-hybridized carbons (Fsp3) is 0.500. The minimum atomic E-state index is 0.0112. The Kier molecular flexibility index (Phi) is 4.82. The molecular weight excluding hydrogens is 308 g/mol. The third-order valence-corrected chi connectivity index (χ3v) is 4.22. The molecule has 1 aromatic carbocycles. The molecule has 0 radical (unpaired) electrons. The molecule has 0 unspecified atom stereocenters. The molecule has 19 heavy (non-hydrogen) atoms. The highest BCUT2D eigenvalue weighted by Crippen LogP contribution is 2.23. The standard InChI is InChI=1S/C14H19BrN2O2/c1-16(9-14(19)17-6-2-3-7-17)12-5-4-11(10-18)13(15)8-12/h4-5,8,18H,2-3,6-7,9-10H2,1H3. The lowest BCUT2D eigenvalue weighted by molar-refractivity contribution is -0.128. The summed E-state index contributed by atoms with van der Waals surface area (Å²) in [6.07, 6.45) is 2.23. The highest BCUT2D eigenvalue weighted by atomic mass is 79.9. The van der Waals surface area contributed by atoms with Gasteiger partial charge in [0.05, 0.1) is 13.2 Å². The van der Waals surface area contributed by atoms with E-state index in [1.54, 1.807) is 0 Å². The van der Waals surface area contributed by atoms with Crippen LogP contribution in [0.5, 0.6) is 0 Å². The van der Waals surface area contributed by atoms with Crippen LogP contribution in [0, 0.1) is 0 Å². The van der Waals surface area contributed by atoms with Crippen molar-refractivity contribution in [3.05, 3.63) is 28.2 Å². The van der Waals surface area contributed by atoms with Crippen LogP contribution in [0.3, 0.4) is 0 Å². The van der Waals surface area contributed by atoms with Crippen LogP contribution >= 0.6 is 15.9 Å². The van der Waals surface area contributed by atoms with Gasteiger partial charge in [0.15, 0.2) is 0 Å². The van der Waals surface area contributed by atoms with Gasteiger partial charge in [-0.25, -0.2) is 0 Å². The number of likely N-dealkylation sites (N-methyl/N-ethyl adjacent to an activating group) is 1. The highest BCUT2D eigenvalue weighted by molar-refractivity contribution is 9.10. The van der Waals surface area contributed by atoms with Gasteiger partial charge in [0.25, 0.3) is 0 Å². The molecule has 0 spiro atoms. The summed E-state index contributed by atoms with van der Waals surface area (Å²) in [6.45, 7) is 2.18. The first-order valence-electron chi connectivity index (χ1n) is 6.50. The van der Waals surface area contributed by atoms with Crippen LogP contribution in [0.15, 0.2) is 22.7 Å². The van der Waals surface area contributed by atoms with Crippen molar-refractivity contribution in [3.8, 4) is 0 Å². The Balaban J connectivity index is 2.00. The van der Waals surface area contributed by atoms with E-state index < -0.39 is 0 Å². The second-order valence-corrected chi connectivity index (χ2v) is 5.73. The van der Waals surface area contributed by atoms with Crippen LogP contribution in [-0.4, -0.2) is 42.6 Å². The van der Waals surface area contributed by atoms with Gasteiger partial charge in [-0.1, -0.05) is 22.0 Å². The van der Waals surface area contributed by atoms with Gasteiger partial charge in [-0.2, -0.15) is 0 Å². The number of halogens is 1. The molecule has 0 bridgehead atoms. The van der Waals surface area contributed by atoms with Crippen molar-refractivity contribution < 1.29 is 9.90 Å². The van der Waals surface area contributed by atoms with E-state index in [2.05, 4.69) is 15.9 Å². The van der Waals surface area contributed by atoms with E-state index in [0.29, 0.717) is 6.54 Å². The molecule has 0 atom stereocenters. The number of hydrogen-bond donors (Lipinski definition) is 1. The quantitative estimate of drug-likeness (QED) is 0.920. The first-order valence-corrected chi connectivity index (χ1v) is 7.29. The molecule has 1 N–H and O–H groups in total. The van der Waals surface area contributed by atoms with Gasteiger partial charge in [-0.15, -0.1) is 0 Å². The lowest BCUT2D eigenvalue weighted by Gasteiger charge is -2.23. The number of hydrogen-bond acceptors (Lipinski definition) is 3. The Hall–Kier alpha value is -1.07. The number of likely N-dealkylation sites (tertiary alicyclic amines) is 1. The van der Waals surface area contributed by atoms with Gasteiger partial charge < -0.3 is 14.9 Å². The van der Waals surface area contributed by atoms with Gasteiger partial charge in [-0.05, 0) is 30.5 Å². The second-order valence-electron chi connectivity index (χ2n) is 4.88. The SMILES string of the molecule is CN(CC(=O)N1CCCC1)c1ccc(CO)c(Br)c1. The molecule has 1 amide bonds. The number of anilines is 1. The largest absolute Gasteiger partial charge is 0.392 e. The first kappa shape index (κ1) is 14.3. The zero-order valence-electron chi connectivity index (χ0n) is 11.1. The number of rotatable bonds is 4. The van der Waals surface area contributed by atoms with Crippen LogP contribution in [0.4, 0.5) is 5.69 Å². The van der Waals surface area contributed by atoms with Crippen LogP contribution in [-0.2, 0) is 11.4 Å². The van der Waals surface area contributed by atoms with Crippen molar-refractivity contribution in [1.82, 2.24) is 4.90 Å². The third-order valence-electron chi connectivity index (χ3n) is 3.48. The van der Waals surface area contributed by atoms with E-state index in [1.807, 2.05) is 35.0 Å². The maximum atomic E-state index is 12.1. The van der Waals surface area contributed by atoms with E-state index in [-0.39, 0.29) is 12.5 Å². The Labute approximate surface area is 122 Å². The average molecular weight is 327 g/mol. The van der Waals surface area contributed by atoms with Gasteiger partial charge in [0, 0.05) is 30.3 Å². The molecule has 1 saturated heterocycles. The molecule has 1 aromatic rings. The summed E-state index contributed by atoms with van der Waals surface area (Å²) in [4.78, 5) is 15.9. The molecule has 0 aliphatic carbocycles.